The number of aromatic nitrogens is 2. The van der Waals surface area contributed by atoms with Gasteiger partial charge in [0.05, 0.1) is 6.04 Å². The summed E-state index contributed by atoms with van der Waals surface area (Å²) >= 11 is 0. The number of alkyl halides is 3. The fraction of sp³-hybridized carbons (Fsp3) is 0.294. The molecule has 2 heterocycles. The first-order valence-corrected chi connectivity index (χ1v) is 7.84. The first kappa shape index (κ1) is 20.1. The molecule has 2 N–H and O–H groups in total. The largest absolute Gasteiger partial charge is 0.468 e. The van der Waals surface area contributed by atoms with Gasteiger partial charge < -0.3 is 15.4 Å². The molecule has 0 radical (unpaired) electrons. The SMILES string of the molecule is CC(=O)Nc1cc(C(=O)NC(C)c2ccc(OCC(F)(F)F)nc2)ccn1. The van der Waals surface area contributed by atoms with E-state index in [2.05, 4.69) is 25.3 Å². The molecule has 144 valence electrons. The molecule has 0 saturated heterocycles. The number of anilines is 1. The molecule has 0 spiro atoms. The molecule has 7 nitrogen and oxygen atoms in total. The third kappa shape index (κ3) is 6.57. The highest BCUT2D eigenvalue weighted by molar-refractivity contribution is 5.96. The lowest BCUT2D eigenvalue weighted by molar-refractivity contribution is -0.154. The molecule has 2 aromatic heterocycles. The van der Waals surface area contributed by atoms with Gasteiger partial charge in [0.1, 0.15) is 5.82 Å². The summed E-state index contributed by atoms with van der Waals surface area (Å²) in [6, 6.07) is 5.26. The predicted molar refractivity (Wildman–Crippen MR) is 90.2 cm³/mol. The lowest BCUT2D eigenvalue weighted by Crippen LogP contribution is -2.27. The summed E-state index contributed by atoms with van der Waals surface area (Å²) in [6.45, 7) is 1.59. The van der Waals surface area contributed by atoms with Crippen LogP contribution in [0, 0.1) is 0 Å². The Balaban J connectivity index is 1.99. The van der Waals surface area contributed by atoms with Gasteiger partial charge in [-0.1, -0.05) is 6.07 Å². The van der Waals surface area contributed by atoms with E-state index in [9.17, 15) is 22.8 Å². The molecule has 27 heavy (non-hydrogen) atoms. The van der Waals surface area contributed by atoms with Gasteiger partial charge in [0, 0.05) is 30.9 Å². The lowest BCUT2D eigenvalue weighted by atomic mass is 10.1. The van der Waals surface area contributed by atoms with Crippen LogP contribution in [-0.2, 0) is 4.79 Å². The van der Waals surface area contributed by atoms with Crippen molar-refractivity contribution in [1.82, 2.24) is 15.3 Å². The molecular formula is C17H17F3N4O3. The van der Waals surface area contributed by atoms with E-state index < -0.39 is 24.7 Å². The van der Waals surface area contributed by atoms with E-state index in [1.165, 1.54) is 43.6 Å². The molecule has 2 rings (SSSR count). The zero-order chi connectivity index (χ0) is 20.0. The van der Waals surface area contributed by atoms with Crippen molar-refractivity contribution in [2.45, 2.75) is 26.1 Å². The predicted octanol–water partition coefficient (Wildman–Crippen LogP) is 2.87. The van der Waals surface area contributed by atoms with E-state index in [0.29, 0.717) is 11.1 Å². The number of halogens is 3. The second kappa shape index (κ2) is 8.47. The number of nitrogens with one attached hydrogen (secondary N) is 2. The number of ether oxygens (including phenoxy) is 1. The molecule has 0 aliphatic carbocycles. The molecule has 1 unspecified atom stereocenters. The highest BCUT2D eigenvalue weighted by atomic mass is 19.4. The Hall–Kier alpha value is -3.17. The quantitative estimate of drug-likeness (QED) is 0.801. The summed E-state index contributed by atoms with van der Waals surface area (Å²) in [7, 11) is 0. The average molecular weight is 382 g/mol. The molecule has 0 aromatic carbocycles. The van der Waals surface area contributed by atoms with Crippen molar-refractivity contribution in [2.24, 2.45) is 0 Å². The van der Waals surface area contributed by atoms with Crippen LogP contribution in [-0.4, -0.2) is 34.6 Å². The van der Waals surface area contributed by atoms with Gasteiger partial charge in [-0.2, -0.15) is 13.2 Å². The highest BCUT2D eigenvalue weighted by Crippen LogP contribution is 2.19. The van der Waals surface area contributed by atoms with E-state index >= 15 is 0 Å². The van der Waals surface area contributed by atoms with Crippen LogP contribution in [0.2, 0.25) is 0 Å². The Labute approximate surface area is 153 Å². The van der Waals surface area contributed by atoms with Crippen LogP contribution in [0.3, 0.4) is 0 Å². The fourth-order valence-corrected chi connectivity index (χ4v) is 2.07. The van der Waals surface area contributed by atoms with Gasteiger partial charge in [-0.05, 0) is 24.6 Å². The number of hydrogen-bond donors (Lipinski definition) is 2. The van der Waals surface area contributed by atoms with Crippen LogP contribution in [0.15, 0.2) is 36.7 Å². The summed E-state index contributed by atoms with van der Waals surface area (Å²) < 4.78 is 40.9. The van der Waals surface area contributed by atoms with Crippen LogP contribution in [0.25, 0.3) is 0 Å². The molecule has 0 aliphatic heterocycles. The molecule has 0 bridgehead atoms. The zero-order valence-corrected chi connectivity index (χ0v) is 14.5. The van der Waals surface area contributed by atoms with E-state index in [-0.39, 0.29) is 17.6 Å². The molecule has 0 fully saturated rings. The Morgan fingerprint density at radius 2 is 1.96 bits per heavy atom. The molecule has 2 amide bonds. The molecule has 0 aliphatic rings. The number of hydrogen-bond acceptors (Lipinski definition) is 5. The number of rotatable bonds is 6. The van der Waals surface area contributed by atoms with Crippen molar-refractivity contribution in [1.29, 1.82) is 0 Å². The van der Waals surface area contributed by atoms with E-state index in [0.717, 1.165) is 0 Å². The van der Waals surface area contributed by atoms with Crippen LogP contribution in [0.5, 0.6) is 5.88 Å². The van der Waals surface area contributed by atoms with Crippen molar-refractivity contribution in [3.8, 4) is 5.88 Å². The number of nitrogens with zero attached hydrogens (tertiary/aromatic N) is 2. The molecule has 1 atom stereocenters. The second-order valence-corrected chi connectivity index (χ2v) is 5.64. The van der Waals surface area contributed by atoms with E-state index in [1.54, 1.807) is 6.92 Å². The van der Waals surface area contributed by atoms with Crippen LogP contribution < -0.4 is 15.4 Å². The van der Waals surface area contributed by atoms with Crippen molar-refractivity contribution in [2.75, 3.05) is 11.9 Å². The smallest absolute Gasteiger partial charge is 0.422 e. The third-order valence-corrected chi connectivity index (χ3v) is 3.32. The number of pyridine rings is 2. The Morgan fingerprint density at radius 3 is 2.56 bits per heavy atom. The Morgan fingerprint density at radius 1 is 1.22 bits per heavy atom. The maximum Gasteiger partial charge on any atom is 0.422 e. The monoisotopic (exact) mass is 382 g/mol. The number of carbonyl (C=O) groups excluding carboxylic acids is 2. The Bertz CT molecular complexity index is 810. The van der Waals surface area contributed by atoms with Gasteiger partial charge in [-0.25, -0.2) is 9.97 Å². The summed E-state index contributed by atoms with van der Waals surface area (Å²) in [6.07, 6.45) is -1.73. The standard InChI is InChI=1S/C17H17F3N4O3/c1-10(13-3-4-15(22-8-13)27-9-17(18,19)20)23-16(26)12-5-6-21-14(7-12)24-11(2)25/h3-8,10H,9H2,1-2H3,(H,23,26)(H,21,24,25). The van der Waals surface area contributed by atoms with Crippen LogP contribution in [0.4, 0.5) is 19.0 Å². The summed E-state index contributed by atoms with van der Waals surface area (Å²) in [4.78, 5) is 31.1. The van der Waals surface area contributed by atoms with Crippen LogP contribution >= 0.6 is 0 Å². The zero-order valence-electron chi connectivity index (χ0n) is 14.5. The third-order valence-electron chi connectivity index (χ3n) is 3.32. The van der Waals surface area contributed by atoms with Gasteiger partial charge in [-0.3, -0.25) is 9.59 Å². The van der Waals surface area contributed by atoms with Gasteiger partial charge in [-0.15, -0.1) is 0 Å². The molecule has 0 saturated carbocycles. The minimum Gasteiger partial charge on any atom is -0.468 e. The summed E-state index contributed by atoms with van der Waals surface area (Å²) in [5.41, 5.74) is 0.873. The summed E-state index contributed by atoms with van der Waals surface area (Å²) in [5, 5.41) is 5.21. The van der Waals surface area contributed by atoms with Gasteiger partial charge in [0.2, 0.25) is 11.8 Å². The van der Waals surface area contributed by atoms with Crippen LogP contribution in [0.1, 0.15) is 35.8 Å². The van der Waals surface area contributed by atoms with Crippen molar-refractivity contribution < 1.29 is 27.5 Å². The van der Waals surface area contributed by atoms with Crippen molar-refractivity contribution >= 4 is 17.6 Å². The molecule has 10 heteroatoms. The molecular weight excluding hydrogens is 365 g/mol. The summed E-state index contributed by atoms with van der Waals surface area (Å²) in [5.74, 6) is -0.638. The first-order chi connectivity index (χ1) is 12.6. The highest BCUT2D eigenvalue weighted by Gasteiger charge is 2.28. The van der Waals surface area contributed by atoms with E-state index in [1.807, 2.05) is 0 Å². The van der Waals surface area contributed by atoms with Crippen molar-refractivity contribution in [3.63, 3.8) is 0 Å². The minimum absolute atomic E-state index is 0.163. The van der Waals surface area contributed by atoms with Gasteiger partial charge in [0.25, 0.3) is 5.91 Å². The van der Waals surface area contributed by atoms with Gasteiger partial charge in [0.15, 0.2) is 6.61 Å². The number of carbonyl (C=O) groups is 2. The maximum atomic E-state index is 12.3. The van der Waals surface area contributed by atoms with Gasteiger partial charge >= 0.3 is 6.18 Å². The normalized spacial score (nSPS) is 12.2. The first-order valence-electron chi connectivity index (χ1n) is 7.84. The minimum atomic E-state index is -4.44. The lowest BCUT2D eigenvalue weighted by Gasteiger charge is -2.15. The average Bonchev–Trinajstić information content (AvgIpc) is 2.59. The van der Waals surface area contributed by atoms with Crippen molar-refractivity contribution in [3.05, 3.63) is 47.8 Å². The fourth-order valence-electron chi connectivity index (χ4n) is 2.07. The van der Waals surface area contributed by atoms with E-state index in [4.69, 9.17) is 0 Å². The second-order valence-electron chi connectivity index (χ2n) is 5.64. The topological polar surface area (TPSA) is 93.2 Å². The maximum absolute atomic E-state index is 12.3. The number of amides is 2. The Kier molecular flexibility index (Phi) is 6.32. The molecule has 2 aromatic rings.